The van der Waals surface area contributed by atoms with Crippen molar-refractivity contribution in [3.8, 4) is 0 Å². The van der Waals surface area contributed by atoms with E-state index >= 15 is 0 Å². The quantitative estimate of drug-likeness (QED) is 0.821. The molecule has 0 heterocycles. The molecule has 2 N–H and O–H groups in total. The lowest BCUT2D eigenvalue weighted by atomic mass is 10.0. The van der Waals surface area contributed by atoms with Crippen LogP contribution in [0.15, 0.2) is 24.3 Å². The molecule has 0 spiro atoms. The van der Waals surface area contributed by atoms with Gasteiger partial charge < -0.3 is 15.1 Å². The molecule has 20 heavy (non-hydrogen) atoms. The Hall–Kier alpha value is -2.37. The van der Waals surface area contributed by atoms with E-state index in [2.05, 4.69) is 0 Å². The highest BCUT2D eigenvalue weighted by Crippen LogP contribution is 2.15. The number of carboxylic acids is 2. The van der Waals surface area contributed by atoms with E-state index in [0.29, 0.717) is 5.92 Å². The van der Waals surface area contributed by atoms with Crippen LogP contribution in [0.5, 0.6) is 0 Å². The fourth-order valence-corrected chi connectivity index (χ4v) is 1.72. The lowest BCUT2D eigenvalue weighted by Gasteiger charge is -2.18. The second-order valence-corrected chi connectivity index (χ2v) is 4.73. The van der Waals surface area contributed by atoms with Crippen LogP contribution in [-0.4, -0.2) is 46.0 Å². The van der Waals surface area contributed by atoms with Crippen molar-refractivity contribution in [2.75, 3.05) is 13.1 Å². The number of aliphatic carboxylic acids is 2. The summed E-state index contributed by atoms with van der Waals surface area (Å²) in [5.41, 5.74) is 1.32. The van der Waals surface area contributed by atoms with Crippen LogP contribution in [0, 0.1) is 0 Å². The highest BCUT2D eigenvalue weighted by atomic mass is 16.4. The minimum atomic E-state index is -1.25. The van der Waals surface area contributed by atoms with Crippen molar-refractivity contribution in [2.24, 2.45) is 0 Å². The Kier molecular flexibility index (Phi) is 5.25. The zero-order valence-corrected chi connectivity index (χ0v) is 11.4. The molecule has 108 valence electrons. The first kappa shape index (κ1) is 15.7. The van der Waals surface area contributed by atoms with Gasteiger partial charge in [0.05, 0.1) is 0 Å². The van der Waals surface area contributed by atoms with Crippen molar-refractivity contribution in [2.45, 2.75) is 19.8 Å². The molecule has 0 saturated carbocycles. The van der Waals surface area contributed by atoms with Crippen LogP contribution in [0.25, 0.3) is 0 Å². The molecule has 0 fully saturated rings. The van der Waals surface area contributed by atoms with Gasteiger partial charge in [0.25, 0.3) is 5.91 Å². The van der Waals surface area contributed by atoms with E-state index in [0.717, 1.165) is 10.5 Å². The Morgan fingerprint density at radius 1 is 1.00 bits per heavy atom. The third-order valence-electron chi connectivity index (χ3n) is 2.76. The predicted octanol–water partition coefficient (Wildman–Crippen LogP) is 1.42. The van der Waals surface area contributed by atoms with Gasteiger partial charge in [-0.2, -0.15) is 0 Å². The smallest absolute Gasteiger partial charge is 0.323 e. The van der Waals surface area contributed by atoms with E-state index in [1.54, 1.807) is 24.3 Å². The summed E-state index contributed by atoms with van der Waals surface area (Å²) in [7, 11) is 0. The van der Waals surface area contributed by atoms with Gasteiger partial charge >= 0.3 is 11.9 Å². The Morgan fingerprint density at radius 2 is 1.45 bits per heavy atom. The lowest BCUT2D eigenvalue weighted by Crippen LogP contribution is -2.39. The largest absolute Gasteiger partial charge is 0.480 e. The second-order valence-electron chi connectivity index (χ2n) is 4.73. The van der Waals surface area contributed by atoms with Gasteiger partial charge in [-0.05, 0) is 23.6 Å². The molecule has 0 aliphatic carbocycles. The molecule has 0 saturated heterocycles. The summed E-state index contributed by atoms with van der Waals surface area (Å²) in [5, 5.41) is 17.4. The Bertz CT molecular complexity index is 491. The third kappa shape index (κ3) is 4.38. The number of carbonyl (C=O) groups excluding carboxylic acids is 1. The van der Waals surface area contributed by atoms with E-state index in [1.807, 2.05) is 13.8 Å². The summed E-state index contributed by atoms with van der Waals surface area (Å²) < 4.78 is 0. The van der Waals surface area contributed by atoms with E-state index in [1.165, 1.54) is 0 Å². The zero-order chi connectivity index (χ0) is 15.3. The first-order valence-corrected chi connectivity index (χ1v) is 6.14. The molecule has 1 rings (SSSR count). The number of hydrogen-bond donors (Lipinski definition) is 2. The van der Waals surface area contributed by atoms with Crippen molar-refractivity contribution in [1.82, 2.24) is 4.90 Å². The van der Waals surface area contributed by atoms with Crippen molar-refractivity contribution in [3.05, 3.63) is 35.4 Å². The van der Waals surface area contributed by atoms with E-state index in [4.69, 9.17) is 10.2 Å². The molecule has 0 bridgehead atoms. The molecule has 0 aliphatic heterocycles. The fourth-order valence-electron chi connectivity index (χ4n) is 1.72. The SMILES string of the molecule is CC(C)c1ccc(C(=O)N(CC(=O)O)CC(=O)O)cc1. The summed E-state index contributed by atoms with van der Waals surface area (Å²) in [6.07, 6.45) is 0. The molecule has 0 aromatic heterocycles. The van der Waals surface area contributed by atoms with Crippen LogP contribution in [0.2, 0.25) is 0 Å². The molecular formula is C14H17NO5. The highest BCUT2D eigenvalue weighted by Gasteiger charge is 2.21. The standard InChI is InChI=1S/C14H17NO5/c1-9(2)10-3-5-11(6-4-10)14(20)15(7-12(16)17)8-13(18)19/h3-6,9H,7-8H2,1-2H3,(H,16,17)(H,18,19). The summed E-state index contributed by atoms with van der Waals surface area (Å²) in [6, 6.07) is 6.71. The maximum absolute atomic E-state index is 12.1. The van der Waals surface area contributed by atoms with E-state index < -0.39 is 30.9 Å². The van der Waals surface area contributed by atoms with Crippen LogP contribution in [0.3, 0.4) is 0 Å². The molecule has 1 aromatic carbocycles. The van der Waals surface area contributed by atoms with E-state index in [-0.39, 0.29) is 5.56 Å². The molecule has 6 heteroatoms. The summed E-state index contributed by atoms with van der Waals surface area (Å²) >= 11 is 0. The number of benzene rings is 1. The molecule has 0 atom stereocenters. The normalized spacial score (nSPS) is 10.3. The van der Waals surface area contributed by atoms with Crippen LogP contribution < -0.4 is 0 Å². The van der Waals surface area contributed by atoms with Crippen molar-refractivity contribution < 1.29 is 24.6 Å². The number of carbonyl (C=O) groups is 3. The number of amides is 1. The molecule has 1 amide bonds. The molecule has 0 radical (unpaired) electrons. The van der Waals surface area contributed by atoms with Gasteiger partial charge in [0.2, 0.25) is 0 Å². The van der Waals surface area contributed by atoms with Gasteiger partial charge in [0, 0.05) is 5.56 Å². The summed E-state index contributed by atoms with van der Waals surface area (Å²) in [5.74, 6) is -2.80. The molecular weight excluding hydrogens is 262 g/mol. The maximum atomic E-state index is 12.1. The average molecular weight is 279 g/mol. The topological polar surface area (TPSA) is 94.9 Å². The van der Waals surface area contributed by atoms with Crippen LogP contribution in [-0.2, 0) is 9.59 Å². The van der Waals surface area contributed by atoms with Crippen molar-refractivity contribution in [3.63, 3.8) is 0 Å². The maximum Gasteiger partial charge on any atom is 0.323 e. The summed E-state index contributed by atoms with van der Waals surface area (Å²) in [6.45, 7) is 2.74. The van der Waals surface area contributed by atoms with Crippen molar-refractivity contribution in [1.29, 1.82) is 0 Å². The Morgan fingerprint density at radius 3 is 1.80 bits per heavy atom. The Balaban J connectivity index is 2.93. The van der Waals surface area contributed by atoms with Crippen molar-refractivity contribution >= 4 is 17.8 Å². The molecule has 0 aliphatic rings. The lowest BCUT2D eigenvalue weighted by molar-refractivity contribution is -0.140. The minimum absolute atomic E-state index is 0.275. The second kappa shape index (κ2) is 6.70. The molecule has 6 nitrogen and oxygen atoms in total. The first-order valence-electron chi connectivity index (χ1n) is 6.14. The van der Waals surface area contributed by atoms with Gasteiger partial charge in [-0.1, -0.05) is 26.0 Å². The highest BCUT2D eigenvalue weighted by molar-refractivity contribution is 5.97. The zero-order valence-electron chi connectivity index (χ0n) is 11.4. The monoisotopic (exact) mass is 279 g/mol. The fraction of sp³-hybridized carbons (Fsp3) is 0.357. The van der Waals surface area contributed by atoms with Gasteiger partial charge in [0.15, 0.2) is 0 Å². The average Bonchev–Trinajstić information content (AvgIpc) is 2.36. The number of carboxylic acid groups (broad SMARTS) is 2. The molecule has 1 aromatic rings. The van der Waals surface area contributed by atoms with Crippen LogP contribution in [0.1, 0.15) is 35.7 Å². The first-order chi connectivity index (χ1) is 9.31. The number of hydrogen-bond acceptors (Lipinski definition) is 3. The Labute approximate surface area is 116 Å². The van der Waals surface area contributed by atoms with E-state index in [9.17, 15) is 14.4 Å². The van der Waals surface area contributed by atoms with Gasteiger partial charge in [0.1, 0.15) is 13.1 Å². The van der Waals surface area contributed by atoms with Gasteiger partial charge in [-0.25, -0.2) is 0 Å². The van der Waals surface area contributed by atoms with Crippen LogP contribution in [0.4, 0.5) is 0 Å². The third-order valence-corrected chi connectivity index (χ3v) is 2.76. The van der Waals surface area contributed by atoms with Gasteiger partial charge in [-0.15, -0.1) is 0 Å². The molecule has 0 unspecified atom stereocenters. The summed E-state index contributed by atoms with van der Waals surface area (Å²) in [4.78, 5) is 34.3. The van der Waals surface area contributed by atoms with Crippen LogP contribution >= 0.6 is 0 Å². The predicted molar refractivity (Wildman–Crippen MR) is 71.7 cm³/mol. The van der Waals surface area contributed by atoms with Gasteiger partial charge in [-0.3, -0.25) is 14.4 Å². The number of rotatable bonds is 6. The number of nitrogens with zero attached hydrogens (tertiary/aromatic N) is 1. The minimum Gasteiger partial charge on any atom is -0.480 e.